The van der Waals surface area contributed by atoms with Gasteiger partial charge < -0.3 is 24.8 Å². The summed E-state index contributed by atoms with van der Waals surface area (Å²) in [6.45, 7) is 10.5. The first-order valence-electron chi connectivity index (χ1n) is 11.3. The molecular formula is C23H39IN4O3. The molecule has 0 saturated carbocycles. The second-order valence-corrected chi connectivity index (χ2v) is 8.19. The van der Waals surface area contributed by atoms with Crippen LogP contribution < -0.4 is 20.1 Å². The number of likely N-dealkylation sites (tertiary alicyclic amines) is 1. The van der Waals surface area contributed by atoms with Crippen LogP contribution in [0, 0.1) is 0 Å². The molecule has 2 aliphatic heterocycles. The number of nitrogens with zero attached hydrogens (tertiary/aromatic N) is 2. The van der Waals surface area contributed by atoms with E-state index in [4.69, 9.17) is 19.2 Å². The van der Waals surface area contributed by atoms with Crippen molar-refractivity contribution >= 4 is 29.9 Å². The molecule has 2 aliphatic rings. The van der Waals surface area contributed by atoms with Crippen LogP contribution in [-0.4, -0.2) is 75.5 Å². The number of benzene rings is 1. The number of hydrogen-bond acceptors (Lipinski definition) is 5. The third kappa shape index (κ3) is 7.39. The molecule has 0 bridgehead atoms. The lowest BCUT2D eigenvalue weighted by Crippen LogP contribution is -2.54. The van der Waals surface area contributed by atoms with E-state index in [1.165, 1.54) is 25.9 Å². The first kappa shape index (κ1) is 26.0. The average molecular weight is 546 g/mol. The minimum absolute atomic E-state index is 0. The number of para-hydroxylation sites is 2. The first-order valence-corrected chi connectivity index (χ1v) is 11.3. The summed E-state index contributed by atoms with van der Waals surface area (Å²) in [4.78, 5) is 7.63. The smallest absolute Gasteiger partial charge is 0.191 e. The Morgan fingerprint density at radius 2 is 1.84 bits per heavy atom. The minimum atomic E-state index is -0.0271. The molecule has 176 valence electrons. The molecule has 2 N–H and O–H groups in total. The highest BCUT2D eigenvalue weighted by molar-refractivity contribution is 14.0. The van der Waals surface area contributed by atoms with E-state index in [-0.39, 0.29) is 35.6 Å². The Hall–Kier alpha value is -1.26. The Balaban J connectivity index is 0.00000341. The van der Waals surface area contributed by atoms with Gasteiger partial charge in [-0.1, -0.05) is 12.1 Å². The van der Waals surface area contributed by atoms with Crippen LogP contribution in [0.2, 0.25) is 0 Å². The van der Waals surface area contributed by atoms with Crippen LogP contribution >= 0.6 is 24.0 Å². The first-order chi connectivity index (χ1) is 14.7. The number of rotatable bonds is 9. The lowest BCUT2D eigenvalue weighted by molar-refractivity contribution is -0.0139. The van der Waals surface area contributed by atoms with Crippen molar-refractivity contribution in [2.75, 3.05) is 53.0 Å². The van der Waals surface area contributed by atoms with Gasteiger partial charge in [0.2, 0.25) is 0 Å². The van der Waals surface area contributed by atoms with Crippen molar-refractivity contribution in [3.8, 4) is 11.5 Å². The van der Waals surface area contributed by atoms with Gasteiger partial charge in [0, 0.05) is 25.3 Å². The maximum atomic E-state index is 6.07. The van der Waals surface area contributed by atoms with Crippen LogP contribution in [0.15, 0.2) is 29.3 Å². The highest BCUT2D eigenvalue weighted by Gasteiger charge is 2.39. The van der Waals surface area contributed by atoms with E-state index >= 15 is 0 Å². The fourth-order valence-corrected chi connectivity index (χ4v) is 4.30. The molecule has 31 heavy (non-hydrogen) atoms. The number of nitrogens with one attached hydrogen (secondary N) is 2. The molecule has 8 heteroatoms. The van der Waals surface area contributed by atoms with Crippen LogP contribution in [-0.2, 0) is 4.74 Å². The van der Waals surface area contributed by atoms with Crippen molar-refractivity contribution in [3.63, 3.8) is 0 Å². The van der Waals surface area contributed by atoms with Gasteiger partial charge in [-0.25, -0.2) is 0 Å². The molecule has 0 spiro atoms. The fraction of sp³-hybridized carbons (Fsp3) is 0.696. The van der Waals surface area contributed by atoms with Gasteiger partial charge >= 0.3 is 0 Å². The molecule has 1 aromatic rings. The van der Waals surface area contributed by atoms with Crippen LogP contribution in [0.1, 0.15) is 39.5 Å². The van der Waals surface area contributed by atoms with Crippen molar-refractivity contribution < 1.29 is 14.2 Å². The van der Waals surface area contributed by atoms with Gasteiger partial charge in [0.1, 0.15) is 6.10 Å². The number of halogens is 1. The zero-order valence-electron chi connectivity index (χ0n) is 19.2. The molecule has 0 radical (unpaired) electrons. The SMILES string of the molecule is CCNC(=NCC1(N2CCCC2)CCOCC1)NCC(C)Oc1ccccc1OC.I. The molecule has 1 aromatic carbocycles. The highest BCUT2D eigenvalue weighted by atomic mass is 127. The monoisotopic (exact) mass is 546 g/mol. The molecule has 0 aliphatic carbocycles. The largest absolute Gasteiger partial charge is 0.493 e. The second-order valence-electron chi connectivity index (χ2n) is 8.19. The van der Waals surface area contributed by atoms with Crippen molar-refractivity contribution in [3.05, 3.63) is 24.3 Å². The molecule has 2 saturated heterocycles. The Morgan fingerprint density at radius 1 is 1.16 bits per heavy atom. The van der Waals surface area contributed by atoms with Crippen LogP contribution in [0.4, 0.5) is 0 Å². The molecular weight excluding hydrogens is 507 g/mol. The average Bonchev–Trinajstić information content (AvgIpc) is 3.32. The highest BCUT2D eigenvalue weighted by Crippen LogP contribution is 2.31. The third-order valence-corrected chi connectivity index (χ3v) is 6.03. The van der Waals surface area contributed by atoms with E-state index < -0.39 is 0 Å². The number of aliphatic imine (C=N–C) groups is 1. The van der Waals surface area contributed by atoms with Crippen molar-refractivity contribution in [2.45, 2.75) is 51.2 Å². The summed E-state index contributed by atoms with van der Waals surface area (Å²) in [7, 11) is 1.66. The summed E-state index contributed by atoms with van der Waals surface area (Å²) in [5, 5.41) is 6.83. The van der Waals surface area contributed by atoms with Gasteiger partial charge in [0.25, 0.3) is 0 Å². The topological polar surface area (TPSA) is 67.4 Å². The number of methoxy groups -OCH3 is 1. The summed E-state index contributed by atoms with van der Waals surface area (Å²) in [6.07, 6.45) is 4.68. The van der Waals surface area contributed by atoms with E-state index in [9.17, 15) is 0 Å². The van der Waals surface area contributed by atoms with Crippen LogP contribution in [0.25, 0.3) is 0 Å². The van der Waals surface area contributed by atoms with E-state index in [1.807, 2.05) is 31.2 Å². The van der Waals surface area contributed by atoms with Crippen molar-refractivity contribution in [1.29, 1.82) is 0 Å². The molecule has 0 amide bonds. The number of ether oxygens (including phenoxy) is 3. The van der Waals surface area contributed by atoms with E-state index in [2.05, 4.69) is 22.5 Å². The Labute approximate surface area is 204 Å². The summed E-state index contributed by atoms with van der Waals surface area (Å²) in [5.41, 5.74) is 0.136. The zero-order valence-corrected chi connectivity index (χ0v) is 21.5. The molecule has 2 heterocycles. The molecule has 1 atom stereocenters. The van der Waals surface area contributed by atoms with E-state index in [0.717, 1.165) is 56.6 Å². The van der Waals surface area contributed by atoms with Gasteiger partial charge in [0.05, 0.1) is 20.2 Å². The summed E-state index contributed by atoms with van der Waals surface area (Å²) >= 11 is 0. The molecule has 7 nitrogen and oxygen atoms in total. The number of hydrogen-bond donors (Lipinski definition) is 2. The van der Waals surface area contributed by atoms with Gasteiger partial charge in [-0.3, -0.25) is 9.89 Å². The van der Waals surface area contributed by atoms with Crippen LogP contribution in [0.5, 0.6) is 11.5 Å². The third-order valence-electron chi connectivity index (χ3n) is 6.03. The maximum Gasteiger partial charge on any atom is 0.191 e. The normalized spacial score (nSPS) is 19.9. The standard InChI is InChI=1S/C23H38N4O3.HI/c1-4-24-22(25-17-19(2)30-21-10-6-5-9-20(21)28-3)26-18-23(11-15-29-16-12-23)27-13-7-8-14-27;/h5-6,9-10,19H,4,7-8,11-18H2,1-3H3,(H2,24,25,26);1H. The van der Waals surface area contributed by atoms with Crippen LogP contribution in [0.3, 0.4) is 0 Å². The van der Waals surface area contributed by atoms with Gasteiger partial charge in [0.15, 0.2) is 17.5 Å². The quantitative estimate of drug-likeness (QED) is 0.282. The predicted octanol–water partition coefficient (Wildman–Crippen LogP) is 3.28. The van der Waals surface area contributed by atoms with Gasteiger partial charge in [-0.05, 0) is 64.8 Å². The molecule has 0 aromatic heterocycles. The van der Waals surface area contributed by atoms with E-state index in [0.29, 0.717) is 6.54 Å². The lowest BCUT2D eigenvalue weighted by Gasteiger charge is -2.43. The van der Waals surface area contributed by atoms with E-state index in [1.54, 1.807) is 7.11 Å². The van der Waals surface area contributed by atoms with Crippen molar-refractivity contribution in [2.24, 2.45) is 4.99 Å². The lowest BCUT2D eigenvalue weighted by atomic mass is 9.88. The predicted molar refractivity (Wildman–Crippen MR) is 136 cm³/mol. The molecule has 3 rings (SSSR count). The number of guanidine groups is 1. The summed E-state index contributed by atoms with van der Waals surface area (Å²) in [5.74, 6) is 2.35. The minimum Gasteiger partial charge on any atom is -0.493 e. The zero-order chi connectivity index (χ0) is 21.2. The maximum absolute atomic E-state index is 6.07. The second kappa shape index (κ2) is 13.3. The Morgan fingerprint density at radius 3 is 2.48 bits per heavy atom. The van der Waals surface area contributed by atoms with Gasteiger partial charge in [-0.15, -0.1) is 24.0 Å². The molecule has 1 unspecified atom stereocenters. The Bertz CT molecular complexity index is 677. The fourth-order valence-electron chi connectivity index (χ4n) is 4.30. The summed E-state index contributed by atoms with van der Waals surface area (Å²) < 4.78 is 17.1. The summed E-state index contributed by atoms with van der Waals surface area (Å²) in [6, 6.07) is 7.73. The Kier molecular flexibility index (Phi) is 11.2. The molecule has 2 fully saturated rings. The van der Waals surface area contributed by atoms with Crippen molar-refractivity contribution in [1.82, 2.24) is 15.5 Å². The van der Waals surface area contributed by atoms with Gasteiger partial charge in [-0.2, -0.15) is 0 Å².